The van der Waals surface area contributed by atoms with Crippen LogP contribution >= 0.6 is 0 Å². The van der Waals surface area contributed by atoms with Crippen LogP contribution in [0.4, 0.5) is 0 Å². The molecule has 2 N–H and O–H groups in total. The van der Waals surface area contributed by atoms with Crippen molar-refractivity contribution in [2.45, 2.75) is 43.7 Å². The molecule has 0 atom stereocenters. The molecule has 92 valence electrons. The van der Waals surface area contributed by atoms with Crippen LogP contribution in [0.15, 0.2) is 30.3 Å². The number of hydrogen-bond donors (Lipinski definition) is 1. The van der Waals surface area contributed by atoms with Crippen LogP contribution in [0, 0.1) is 0 Å². The van der Waals surface area contributed by atoms with Crippen LogP contribution in [-0.4, -0.2) is 30.1 Å². The lowest BCUT2D eigenvalue weighted by Crippen LogP contribution is -2.52. The van der Waals surface area contributed by atoms with E-state index in [2.05, 4.69) is 35.2 Å². The quantitative estimate of drug-likeness (QED) is 0.845. The molecule has 1 aliphatic heterocycles. The van der Waals surface area contributed by atoms with E-state index in [-0.39, 0.29) is 0 Å². The molecule has 0 unspecified atom stereocenters. The van der Waals surface area contributed by atoms with Crippen molar-refractivity contribution in [2.24, 2.45) is 5.73 Å². The fourth-order valence-corrected chi connectivity index (χ4v) is 3.21. The van der Waals surface area contributed by atoms with Crippen LogP contribution in [0.25, 0.3) is 0 Å². The summed E-state index contributed by atoms with van der Waals surface area (Å²) in [6, 6.07) is 12.2. The van der Waals surface area contributed by atoms with Gasteiger partial charge in [0.05, 0.1) is 0 Å². The van der Waals surface area contributed by atoms with E-state index >= 15 is 0 Å². The highest BCUT2D eigenvalue weighted by atomic mass is 15.2. The van der Waals surface area contributed by atoms with E-state index in [1.165, 1.54) is 44.3 Å². The molecule has 2 fully saturated rings. The molecule has 2 heteroatoms. The van der Waals surface area contributed by atoms with Gasteiger partial charge in [-0.3, -0.25) is 4.90 Å². The Hall–Kier alpha value is -0.860. The van der Waals surface area contributed by atoms with E-state index in [0.29, 0.717) is 6.04 Å². The summed E-state index contributed by atoms with van der Waals surface area (Å²) < 4.78 is 0. The highest BCUT2D eigenvalue weighted by Gasteiger charge is 2.34. The second kappa shape index (κ2) is 4.79. The predicted molar refractivity (Wildman–Crippen MR) is 71.0 cm³/mol. The molecule has 17 heavy (non-hydrogen) atoms. The van der Waals surface area contributed by atoms with Gasteiger partial charge in [-0.15, -0.1) is 0 Å². The Morgan fingerprint density at radius 1 is 0.941 bits per heavy atom. The number of rotatable bonds is 2. The minimum absolute atomic E-state index is 0.470. The normalized spacial score (nSPS) is 31.1. The number of benzene rings is 1. The summed E-state index contributed by atoms with van der Waals surface area (Å²) in [6.07, 6.45) is 5.06. The Labute approximate surface area is 104 Å². The first kappa shape index (κ1) is 11.2. The van der Waals surface area contributed by atoms with Gasteiger partial charge in [0.15, 0.2) is 0 Å². The summed E-state index contributed by atoms with van der Waals surface area (Å²) in [6.45, 7) is 2.51. The lowest BCUT2D eigenvalue weighted by Gasteiger charge is -2.46. The summed E-state index contributed by atoms with van der Waals surface area (Å²) in [5, 5.41) is 0. The van der Waals surface area contributed by atoms with Gasteiger partial charge in [0, 0.05) is 31.1 Å². The van der Waals surface area contributed by atoms with Gasteiger partial charge in [-0.05, 0) is 31.2 Å². The summed E-state index contributed by atoms with van der Waals surface area (Å²) in [5.74, 6) is 0.770. The first-order chi connectivity index (χ1) is 8.33. The minimum Gasteiger partial charge on any atom is -0.328 e. The zero-order valence-electron chi connectivity index (χ0n) is 10.4. The minimum atomic E-state index is 0.470. The van der Waals surface area contributed by atoms with Crippen molar-refractivity contribution in [3.63, 3.8) is 0 Å². The molecular formula is C15H22N2. The van der Waals surface area contributed by atoms with Crippen molar-refractivity contribution in [3.8, 4) is 0 Å². The Kier molecular flexibility index (Phi) is 3.17. The molecule has 1 aromatic rings. The van der Waals surface area contributed by atoms with Gasteiger partial charge in [-0.2, -0.15) is 0 Å². The van der Waals surface area contributed by atoms with Gasteiger partial charge >= 0.3 is 0 Å². The number of nitrogens with zero attached hydrogens (tertiary/aromatic N) is 1. The standard InChI is InChI=1S/C15H22N2/c16-14-6-8-15(9-7-14)17-10-13(11-17)12-4-2-1-3-5-12/h1-5,13-15H,6-11,16H2. The molecule has 0 aromatic heterocycles. The molecule has 0 spiro atoms. The Morgan fingerprint density at radius 3 is 2.24 bits per heavy atom. The zero-order valence-corrected chi connectivity index (χ0v) is 10.4. The van der Waals surface area contributed by atoms with Gasteiger partial charge in [-0.1, -0.05) is 30.3 Å². The number of likely N-dealkylation sites (tertiary alicyclic amines) is 1. The third-order valence-corrected chi connectivity index (χ3v) is 4.44. The van der Waals surface area contributed by atoms with E-state index in [1.807, 2.05) is 0 Å². The van der Waals surface area contributed by atoms with Crippen LogP contribution in [0.3, 0.4) is 0 Å². The van der Waals surface area contributed by atoms with E-state index in [0.717, 1.165) is 12.0 Å². The Morgan fingerprint density at radius 2 is 1.59 bits per heavy atom. The second-order valence-electron chi connectivity index (χ2n) is 5.63. The van der Waals surface area contributed by atoms with Crippen molar-refractivity contribution < 1.29 is 0 Å². The second-order valence-corrected chi connectivity index (χ2v) is 5.63. The molecule has 2 aliphatic rings. The molecule has 0 radical (unpaired) electrons. The summed E-state index contributed by atoms with van der Waals surface area (Å²) in [5.41, 5.74) is 7.47. The lowest BCUT2D eigenvalue weighted by molar-refractivity contribution is 0.0659. The third kappa shape index (κ3) is 2.38. The summed E-state index contributed by atoms with van der Waals surface area (Å²) in [7, 11) is 0. The van der Waals surface area contributed by atoms with E-state index in [9.17, 15) is 0 Å². The van der Waals surface area contributed by atoms with Crippen LogP contribution in [0.5, 0.6) is 0 Å². The molecule has 1 aromatic carbocycles. The fraction of sp³-hybridized carbons (Fsp3) is 0.600. The lowest BCUT2D eigenvalue weighted by atomic mass is 9.84. The van der Waals surface area contributed by atoms with Crippen LogP contribution < -0.4 is 5.73 Å². The van der Waals surface area contributed by atoms with Crippen LogP contribution in [0.1, 0.15) is 37.2 Å². The third-order valence-electron chi connectivity index (χ3n) is 4.44. The maximum absolute atomic E-state index is 5.96. The highest BCUT2D eigenvalue weighted by molar-refractivity contribution is 5.22. The van der Waals surface area contributed by atoms with Crippen molar-refractivity contribution in [3.05, 3.63) is 35.9 Å². The van der Waals surface area contributed by atoms with E-state index < -0.39 is 0 Å². The average Bonchev–Trinajstić information content (AvgIpc) is 2.31. The SMILES string of the molecule is NC1CCC(N2CC(c3ccccc3)C2)CC1. The maximum Gasteiger partial charge on any atom is 0.00969 e. The van der Waals surface area contributed by atoms with Crippen molar-refractivity contribution in [1.82, 2.24) is 4.90 Å². The fourth-order valence-electron chi connectivity index (χ4n) is 3.21. The molecule has 0 amide bonds. The van der Waals surface area contributed by atoms with Gasteiger partial charge in [0.1, 0.15) is 0 Å². The summed E-state index contributed by atoms with van der Waals surface area (Å²) in [4.78, 5) is 2.66. The smallest absolute Gasteiger partial charge is 0.00969 e. The molecule has 1 saturated heterocycles. The monoisotopic (exact) mass is 230 g/mol. The Bertz CT molecular complexity index is 348. The van der Waals surface area contributed by atoms with Gasteiger partial charge < -0.3 is 5.73 Å². The topological polar surface area (TPSA) is 29.3 Å². The first-order valence-electron chi connectivity index (χ1n) is 6.87. The van der Waals surface area contributed by atoms with Gasteiger partial charge in [-0.25, -0.2) is 0 Å². The van der Waals surface area contributed by atoms with Gasteiger partial charge in [0.25, 0.3) is 0 Å². The molecule has 1 saturated carbocycles. The van der Waals surface area contributed by atoms with Crippen molar-refractivity contribution >= 4 is 0 Å². The van der Waals surface area contributed by atoms with Crippen LogP contribution in [-0.2, 0) is 0 Å². The average molecular weight is 230 g/mol. The molecule has 1 heterocycles. The highest BCUT2D eigenvalue weighted by Crippen LogP contribution is 2.33. The zero-order chi connectivity index (χ0) is 11.7. The largest absolute Gasteiger partial charge is 0.328 e. The number of nitrogens with two attached hydrogens (primary N) is 1. The predicted octanol–water partition coefficient (Wildman–Crippen LogP) is 2.36. The van der Waals surface area contributed by atoms with Gasteiger partial charge in [0.2, 0.25) is 0 Å². The molecule has 3 rings (SSSR count). The Balaban J connectivity index is 1.52. The molecular weight excluding hydrogens is 208 g/mol. The first-order valence-corrected chi connectivity index (χ1v) is 6.87. The van der Waals surface area contributed by atoms with E-state index in [4.69, 9.17) is 5.73 Å². The summed E-state index contributed by atoms with van der Waals surface area (Å²) >= 11 is 0. The van der Waals surface area contributed by atoms with Crippen LogP contribution in [0.2, 0.25) is 0 Å². The molecule has 0 bridgehead atoms. The molecule has 2 nitrogen and oxygen atoms in total. The van der Waals surface area contributed by atoms with E-state index in [1.54, 1.807) is 0 Å². The molecule has 1 aliphatic carbocycles. The van der Waals surface area contributed by atoms with Crippen molar-refractivity contribution in [2.75, 3.05) is 13.1 Å². The van der Waals surface area contributed by atoms with Crippen molar-refractivity contribution in [1.29, 1.82) is 0 Å². The number of hydrogen-bond acceptors (Lipinski definition) is 2. The maximum atomic E-state index is 5.96.